The summed E-state index contributed by atoms with van der Waals surface area (Å²) in [5.74, 6) is -0.502. The molecule has 0 bridgehead atoms. The number of aryl methyl sites for hydroxylation is 2. The first-order valence-corrected chi connectivity index (χ1v) is 12.2. The highest BCUT2D eigenvalue weighted by molar-refractivity contribution is 6.30. The summed E-state index contributed by atoms with van der Waals surface area (Å²) in [7, 11) is 0. The molecule has 1 fully saturated rings. The number of carbonyl (C=O) groups is 2. The van der Waals surface area contributed by atoms with Crippen LogP contribution in [0.2, 0.25) is 5.02 Å². The molecule has 5 heteroatoms. The van der Waals surface area contributed by atoms with E-state index in [-0.39, 0.29) is 17.6 Å². The van der Waals surface area contributed by atoms with Gasteiger partial charge in [0.2, 0.25) is 0 Å². The number of ketones is 1. The van der Waals surface area contributed by atoms with Crippen LogP contribution >= 0.6 is 11.6 Å². The van der Waals surface area contributed by atoms with Crippen molar-refractivity contribution in [1.29, 1.82) is 0 Å². The summed E-state index contributed by atoms with van der Waals surface area (Å²) in [4.78, 5) is 28.7. The molecule has 0 saturated heterocycles. The lowest BCUT2D eigenvalue weighted by Crippen LogP contribution is -2.20. The smallest absolute Gasteiger partial charge is 0.306 e. The highest BCUT2D eigenvalue weighted by atomic mass is 35.5. The Kier molecular flexibility index (Phi) is 7.47. The normalized spacial score (nSPS) is 18.9. The van der Waals surface area contributed by atoms with Crippen molar-refractivity contribution in [1.82, 2.24) is 4.98 Å². The van der Waals surface area contributed by atoms with Crippen molar-refractivity contribution in [3.05, 3.63) is 99.3 Å². The van der Waals surface area contributed by atoms with E-state index >= 15 is 0 Å². The molecule has 4 rings (SSSR count). The van der Waals surface area contributed by atoms with E-state index in [1.807, 2.05) is 38.1 Å². The van der Waals surface area contributed by atoms with Gasteiger partial charge in [-0.05, 0) is 92.0 Å². The van der Waals surface area contributed by atoms with Gasteiger partial charge in [-0.2, -0.15) is 0 Å². The zero-order valence-electron chi connectivity index (χ0n) is 19.6. The van der Waals surface area contributed by atoms with E-state index < -0.39 is 5.97 Å². The number of aromatic nitrogens is 1. The standard InChI is InChI=1S/C29H30ClNO3/c1-18-15-25(30)11-12-26(18)27(17-28(32)24-13-14-31-19(2)16-24)22-7-3-20(4-8-22)21-5-9-23(10-6-21)29(33)34/h3-4,7-8,11-16,21,23,27H,5-6,9-10,17H2,1-2H3,(H,33,34)/t21?,23?,27-/m1/s1. The van der Waals surface area contributed by atoms with Gasteiger partial charge in [-0.15, -0.1) is 0 Å². The summed E-state index contributed by atoms with van der Waals surface area (Å²) in [6.45, 7) is 3.92. The molecule has 0 unspecified atom stereocenters. The van der Waals surface area contributed by atoms with Crippen molar-refractivity contribution in [3.63, 3.8) is 0 Å². The summed E-state index contributed by atoms with van der Waals surface area (Å²) in [5, 5.41) is 9.95. The number of benzene rings is 2. The summed E-state index contributed by atoms with van der Waals surface area (Å²) < 4.78 is 0. The number of carboxylic acids is 1. The van der Waals surface area contributed by atoms with Crippen LogP contribution in [0.15, 0.2) is 60.8 Å². The van der Waals surface area contributed by atoms with Crippen LogP contribution in [0.3, 0.4) is 0 Å². The number of pyridine rings is 1. The minimum absolute atomic E-state index is 0.0842. The molecule has 0 spiro atoms. The Labute approximate surface area is 206 Å². The van der Waals surface area contributed by atoms with E-state index in [4.69, 9.17) is 11.6 Å². The maximum Gasteiger partial charge on any atom is 0.306 e. The van der Waals surface area contributed by atoms with Gasteiger partial charge in [-0.3, -0.25) is 14.6 Å². The predicted molar refractivity (Wildman–Crippen MR) is 135 cm³/mol. The quantitative estimate of drug-likeness (QED) is 0.369. The molecule has 34 heavy (non-hydrogen) atoms. The van der Waals surface area contributed by atoms with Gasteiger partial charge in [0.05, 0.1) is 5.92 Å². The number of halogens is 1. The largest absolute Gasteiger partial charge is 0.481 e. The average Bonchev–Trinajstić information content (AvgIpc) is 2.83. The van der Waals surface area contributed by atoms with Crippen LogP contribution in [0.1, 0.15) is 82.2 Å². The second kappa shape index (κ2) is 10.5. The number of hydrogen-bond donors (Lipinski definition) is 1. The van der Waals surface area contributed by atoms with Crippen molar-refractivity contribution < 1.29 is 14.7 Å². The first kappa shape index (κ1) is 24.2. The lowest BCUT2D eigenvalue weighted by Gasteiger charge is -2.27. The van der Waals surface area contributed by atoms with Crippen LogP contribution in [-0.4, -0.2) is 21.8 Å². The molecular weight excluding hydrogens is 446 g/mol. The molecule has 3 aromatic rings. The van der Waals surface area contributed by atoms with Crippen molar-refractivity contribution in [2.45, 2.75) is 57.8 Å². The Hall–Kier alpha value is -2.98. The average molecular weight is 476 g/mol. The second-order valence-electron chi connectivity index (χ2n) is 9.42. The molecule has 0 amide bonds. The number of aliphatic carboxylic acids is 1. The van der Waals surface area contributed by atoms with Gasteiger partial charge in [-0.1, -0.05) is 41.9 Å². The third kappa shape index (κ3) is 5.56. The molecule has 176 valence electrons. The number of carbonyl (C=O) groups excluding carboxylic acids is 1. The Morgan fingerprint density at radius 1 is 1.00 bits per heavy atom. The van der Waals surface area contributed by atoms with Crippen LogP contribution in [-0.2, 0) is 4.79 Å². The van der Waals surface area contributed by atoms with E-state index in [1.165, 1.54) is 5.56 Å². The Morgan fingerprint density at radius 3 is 2.32 bits per heavy atom. The fourth-order valence-corrected chi connectivity index (χ4v) is 5.36. The highest BCUT2D eigenvalue weighted by Crippen LogP contribution is 2.38. The van der Waals surface area contributed by atoms with E-state index in [9.17, 15) is 14.7 Å². The molecule has 1 atom stereocenters. The zero-order valence-corrected chi connectivity index (χ0v) is 20.4. The first-order chi connectivity index (χ1) is 16.3. The third-order valence-electron chi connectivity index (χ3n) is 7.10. The molecule has 1 aromatic heterocycles. The third-order valence-corrected chi connectivity index (χ3v) is 7.34. The summed E-state index contributed by atoms with van der Waals surface area (Å²) >= 11 is 6.21. The lowest BCUT2D eigenvalue weighted by atomic mass is 9.78. The number of Topliss-reactive ketones (excluding diaryl/α,β-unsaturated/α-hetero) is 1. The highest BCUT2D eigenvalue weighted by Gasteiger charge is 2.27. The molecule has 1 saturated carbocycles. The van der Waals surface area contributed by atoms with Gasteiger partial charge in [0.25, 0.3) is 0 Å². The van der Waals surface area contributed by atoms with Gasteiger partial charge in [0.15, 0.2) is 5.78 Å². The molecular formula is C29H30ClNO3. The number of nitrogens with zero attached hydrogens (tertiary/aromatic N) is 1. The molecule has 1 aliphatic rings. The topological polar surface area (TPSA) is 67.3 Å². The van der Waals surface area contributed by atoms with Crippen LogP contribution in [0, 0.1) is 19.8 Å². The summed E-state index contributed by atoms with van der Waals surface area (Å²) in [5.41, 5.74) is 6.00. The minimum atomic E-state index is -0.677. The molecule has 2 aromatic carbocycles. The SMILES string of the molecule is Cc1cc(C(=O)C[C@H](c2ccc(C3CCC(C(=O)O)CC3)cc2)c2ccc(Cl)cc2C)ccn1. The Bertz CT molecular complexity index is 1180. The van der Waals surface area contributed by atoms with Crippen LogP contribution in [0.5, 0.6) is 0 Å². The summed E-state index contributed by atoms with van der Waals surface area (Å²) in [6.07, 6.45) is 5.29. The summed E-state index contributed by atoms with van der Waals surface area (Å²) in [6, 6.07) is 18.0. The molecule has 1 heterocycles. The number of carboxylic acid groups (broad SMARTS) is 1. The van der Waals surface area contributed by atoms with E-state index in [0.717, 1.165) is 48.1 Å². The van der Waals surface area contributed by atoms with Gasteiger partial charge in [0, 0.05) is 34.8 Å². The first-order valence-electron chi connectivity index (χ1n) is 11.9. The Morgan fingerprint density at radius 2 is 1.71 bits per heavy atom. The molecule has 0 radical (unpaired) electrons. The van der Waals surface area contributed by atoms with Crippen molar-refractivity contribution in [3.8, 4) is 0 Å². The second-order valence-corrected chi connectivity index (χ2v) is 9.86. The van der Waals surface area contributed by atoms with Gasteiger partial charge < -0.3 is 5.11 Å². The van der Waals surface area contributed by atoms with Gasteiger partial charge in [-0.25, -0.2) is 0 Å². The maximum absolute atomic E-state index is 13.2. The molecule has 0 aliphatic heterocycles. The fourth-order valence-electron chi connectivity index (χ4n) is 5.13. The van der Waals surface area contributed by atoms with E-state index in [2.05, 4.69) is 29.2 Å². The molecule has 1 N–H and O–H groups in total. The van der Waals surface area contributed by atoms with E-state index in [1.54, 1.807) is 12.3 Å². The maximum atomic E-state index is 13.2. The zero-order chi connectivity index (χ0) is 24.2. The molecule has 1 aliphatic carbocycles. The van der Waals surface area contributed by atoms with Gasteiger partial charge >= 0.3 is 5.97 Å². The van der Waals surface area contributed by atoms with Crippen LogP contribution in [0.25, 0.3) is 0 Å². The van der Waals surface area contributed by atoms with Gasteiger partial charge in [0.1, 0.15) is 0 Å². The lowest BCUT2D eigenvalue weighted by molar-refractivity contribution is -0.142. The Balaban J connectivity index is 1.60. The predicted octanol–water partition coefficient (Wildman–Crippen LogP) is 7.12. The van der Waals surface area contributed by atoms with Crippen molar-refractivity contribution in [2.24, 2.45) is 5.92 Å². The van der Waals surface area contributed by atoms with Crippen LogP contribution < -0.4 is 0 Å². The van der Waals surface area contributed by atoms with Crippen LogP contribution in [0.4, 0.5) is 0 Å². The van der Waals surface area contributed by atoms with Crippen molar-refractivity contribution in [2.75, 3.05) is 0 Å². The fraction of sp³-hybridized carbons (Fsp3) is 0.345. The minimum Gasteiger partial charge on any atom is -0.481 e. The number of hydrogen-bond acceptors (Lipinski definition) is 3. The monoisotopic (exact) mass is 475 g/mol. The number of rotatable bonds is 7. The molecule has 4 nitrogen and oxygen atoms in total. The van der Waals surface area contributed by atoms with E-state index in [0.29, 0.717) is 22.9 Å². The van der Waals surface area contributed by atoms with Crippen molar-refractivity contribution >= 4 is 23.4 Å².